The molecule has 1 atom stereocenters. The largest absolute Gasteiger partial charge is 0.361 e. The first-order valence-corrected chi connectivity index (χ1v) is 3.61. The number of hydrogen-bond acceptors (Lipinski definition) is 2. The monoisotopic (exact) mass is 155 g/mol. The molecule has 0 spiro atoms. The molecule has 0 aliphatic carbocycles. The summed E-state index contributed by atoms with van der Waals surface area (Å²) in [5.74, 6) is 0.110. The van der Waals surface area contributed by atoms with E-state index in [1.165, 1.54) is 0 Å². The minimum absolute atomic E-state index is 0.159. The Morgan fingerprint density at radius 1 is 1.82 bits per heavy atom. The van der Waals surface area contributed by atoms with Crippen LogP contribution in [0.5, 0.6) is 0 Å². The molecule has 0 aromatic rings. The second kappa shape index (κ2) is 5.77. The number of hydrogen-bond donors (Lipinski definition) is 1. The molecule has 0 aliphatic heterocycles. The first-order valence-electron chi connectivity index (χ1n) is 3.61. The van der Waals surface area contributed by atoms with Crippen molar-refractivity contribution >= 4 is 12.0 Å². The van der Waals surface area contributed by atoms with E-state index in [9.17, 15) is 4.79 Å². The highest BCUT2D eigenvalue weighted by atomic mass is 16.1. The van der Waals surface area contributed by atoms with Crippen LogP contribution in [0.4, 0.5) is 0 Å². The van der Waals surface area contributed by atoms with Crippen LogP contribution in [0.2, 0.25) is 0 Å². The van der Waals surface area contributed by atoms with Crippen LogP contribution in [0, 0.1) is 5.92 Å². The number of rotatable bonds is 5. The molecule has 2 N–H and O–H groups in total. The van der Waals surface area contributed by atoms with Gasteiger partial charge in [0, 0.05) is 6.42 Å². The van der Waals surface area contributed by atoms with E-state index >= 15 is 0 Å². The highest BCUT2D eigenvalue weighted by Gasteiger charge is 2.08. The van der Waals surface area contributed by atoms with E-state index in [4.69, 9.17) is 11.3 Å². The van der Waals surface area contributed by atoms with E-state index in [2.05, 4.69) is 4.79 Å². The van der Waals surface area contributed by atoms with Crippen LogP contribution < -0.4 is 5.73 Å². The molecule has 0 aromatic heterocycles. The van der Waals surface area contributed by atoms with Crippen molar-refractivity contribution in [3.8, 4) is 0 Å². The number of Topliss-reactive ketones (excluding diaryl/α,β-unsaturated/α-hetero) is 1. The fourth-order valence-electron chi connectivity index (χ4n) is 0.847. The summed E-state index contributed by atoms with van der Waals surface area (Å²) in [5.41, 5.74) is 13.3. The van der Waals surface area contributed by atoms with Crippen molar-refractivity contribution in [3.05, 3.63) is 5.53 Å². The molecule has 0 rings (SSSR count). The number of ketones is 1. The zero-order valence-corrected chi connectivity index (χ0v) is 6.66. The summed E-state index contributed by atoms with van der Waals surface area (Å²) in [7, 11) is 0. The second-order valence-electron chi connectivity index (χ2n) is 2.60. The molecule has 0 radical (unpaired) electrons. The van der Waals surface area contributed by atoms with Crippen LogP contribution in [0.25, 0.3) is 5.53 Å². The van der Waals surface area contributed by atoms with E-state index in [-0.39, 0.29) is 11.7 Å². The summed E-state index contributed by atoms with van der Waals surface area (Å²) in [5, 5.41) is 0. The molecule has 4 nitrogen and oxygen atoms in total. The Labute approximate surface area is 66.0 Å². The molecular weight excluding hydrogens is 142 g/mol. The van der Waals surface area contributed by atoms with Crippen molar-refractivity contribution in [2.24, 2.45) is 11.7 Å². The molecule has 0 heterocycles. The number of carbonyl (C=O) groups is 1. The molecule has 0 aliphatic rings. The van der Waals surface area contributed by atoms with Crippen LogP contribution in [0.1, 0.15) is 19.8 Å². The normalized spacial score (nSPS) is 11.8. The molecule has 0 saturated heterocycles. The van der Waals surface area contributed by atoms with E-state index in [1.54, 1.807) is 0 Å². The number of nitrogens with zero attached hydrogens (tertiary/aromatic N) is 2. The Bertz CT molecular complexity index is 173. The molecule has 1 unspecified atom stereocenters. The number of nitrogens with two attached hydrogens (primary N) is 1. The predicted molar refractivity (Wildman–Crippen MR) is 42.1 cm³/mol. The van der Waals surface area contributed by atoms with E-state index in [0.29, 0.717) is 13.0 Å². The van der Waals surface area contributed by atoms with Crippen LogP contribution in [-0.4, -0.2) is 23.3 Å². The molecule has 62 valence electrons. The summed E-state index contributed by atoms with van der Waals surface area (Å²) in [6.07, 6.45) is 2.15. The fraction of sp³-hybridized carbons (Fsp3) is 0.714. The lowest BCUT2D eigenvalue weighted by Gasteiger charge is -2.03. The zero-order chi connectivity index (χ0) is 8.69. The Balaban J connectivity index is 3.65. The molecule has 0 amide bonds. The van der Waals surface area contributed by atoms with Gasteiger partial charge in [-0.1, -0.05) is 6.92 Å². The van der Waals surface area contributed by atoms with Crippen molar-refractivity contribution in [2.45, 2.75) is 19.8 Å². The van der Waals surface area contributed by atoms with Gasteiger partial charge in [-0.3, -0.25) is 4.79 Å². The average molecular weight is 155 g/mol. The van der Waals surface area contributed by atoms with Gasteiger partial charge in [-0.15, -0.1) is 0 Å². The molecule has 0 aromatic carbocycles. The van der Waals surface area contributed by atoms with Crippen molar-refractivity contribution in [3.63, 3.8) is 0 Å². The van der Waals surface area contributed by atoms with E-state index in [0.717, 1.165) is 12.6 Å². The summed E-state index contributed by atoms with van der Waals surface area (Å²) in [6.45, 7) is 2.53. The predicted octanol–water partition coefficient (Wildman–Crippen LogP) is 0.231. The van der Waals surface area contributed by atoms with Gasteiger partial charge in [0.25, 0.3) is 0 Å². The molecular formula is C7H13N3O. The van der Waals surface area contributed by atoms with Gasteiger partial charge in [0.2, 0.25) is 5.78 Å². The van der Waals surface area contributed by atoms with Crippen LogP contribution in [0.3, 0.4) is 0 Å². The summed E-state index contributed by atoms with van der Waals surface area (Å²) in [6, 6.07) is 0. The van der Waals surface area contributed by atoms with Gasteiger partial charge >= 0.3 is 6.21 Å². The minimum atomic E-state index is -0.159. The summed E-state index contributed by atoms with van der Waals surface area (Å²) < 4.78 is 0. The zero-order valence-electron chi connectivity index (χ0n) is 6.66. The smallest absolute Gasteiger partial charge is 0.323 e. The van der Waals surface area contributed by atoms with Crippen LogP contribution in [0.15, 0.2) is 0 Å². The lowest BCUT2D eigenvalue weighted by Crippen LogP contribution is -2.11. The quantitative estimate of drug-likeness (QED) is 0.350. The van der Waals surface area contributed by atoms with Crippen molar-refractivity contribution in [1.82, 2.24) is 0 Å². The first-order chi connectivity index (χ1) is 5.20. The fourth-order valence-corrected chi connectivity index (χ4v) is 0.847. The molecule has 11 heavy (non-hydrogen) atoms. The molecule has 0 saturated carbocycles. The maximum atomic E-state index is 10.8. The van der Waals surface area contributed by atoms with E-state index in [1.807, 2.05) is 6.92 Å². The van der Waals surface area contributed by atoms with Gasteiger partial charge in [0.1, 0.15) is 0 Å². The van der Waals surface area contributed by atoms with Gasteiger partial charge in [-0.25, -0.2) is 0 Å². The Morgan fingerprint density at radius 2 is 2.45 bits per heavy atom. The van der Waals surface area contributed by atoms with Crippen molar-refractivity contribution < 1.29 is 9.58 Å². The maximum absolute atomic E-state index is 10.8. The lowest BCUT2D eigenvalue weighted by atomic mass is 10.0. The van der Waals surface area contributed by atoms with Crippen molar-refractivity contribution in [1.29, 1.82) is 0 Å². The Morgan fingerprint density at radius 3 is 2.91 bits per heavy atom. The average Bonchev–Trinajstić information content (AvgIpc) is 1.87. The summed E-state index contributed by atoms with van der Waals surface area (Å²) >= 11 is 0. The standard InChI is InChI=1S/C7H13N3O/c1-6(2-3-8)4-7(11)5-10-9/h5-6H,2-4,8H2,1H3. The van der Waals surface area contributed by atoms with Gasteiger partial charge in [-0.2, -0.15) is 4.79 Å². The number of carbonyl (C=O) groups excluding carboxylic acids is 1. The lowest BCUT2D eigenvalue weighted by molar-refractivity contribution is -0.116. The third-order valence-electron chi connectivity index (χ3n) is 1.41. The van der Waals surface area contributed by atoms with Gasteiger partial charge in [-0.05, 0) is 18.9 Å². The molecule has 0 fully saturated rings. The van der Waals surface area contributed by atoms with E-state index < -0.39 is 0 Å². The molecule has 0 bridgehead atoms. The first kappa shape index (κ1) is 10.0. The van der Waals surface area contributed by atoms with Crippen LogP contribution >= 0.6 is 0 Å². The SMILES string of the molecule is CC(CCN)CC(=O)C=[N+]=[N-]. The highest BCUT2D eigenvalue weighted by molar-refractivity contribution is 6.25. The van der Waals surface area contributed by atoms with Crippen LogP contribution in [-0.2, 0) is 4.79 Å². The molecule has 4 heteroatoms. The Kier molecular flexibility index (Phi) is 5.25. The van der Waals surface area contributed by atoms with Gasteiger partial charge in [0.05, 0.1) is 0 Å². The minimum Gasteiger partial charge on any atom is -0.361 e. The van der Waals surface area contributed by atoms with Gasteiger partial charge < -0.3 is 11.3 Å². The highest BCUT2D eigenvalue weighted by Crippen LogP contribution is 2.04. The Hall–Kier alpha value is -0.990. The van der Waals surface area contributed by atoms with Crippen molar-refractivity contribution in [2.75, 3.05) is 6.54 Å². The maximum Gasteiger partial charge on any atom is 0.323 e. The topological polar surface area (TPSA) is 79.5 Å². The second-order valence-corrected chi connectivity index (χ2v) is 2.60. The van der Waals surface area contributed by atoms with Gasteiger partial charge in [0.15, 0.2) is 0 Å². The third-order valence-corrected chi connectivity index (χ3v) is 1.41. The third kappa shape index (κ3) is 5.45. The summed E-state index contributed by atoms with van der Waals surface area (Å²) in [4.78, 5) is 13.4.